The number of methoxy groups -OCH3 is 2. The lowest BCUT2D eigenvalue weighted by molar-refractivity contribution is 0.354. The predicted molar refractivity (Wildman–Crippen MR) is 86.4 cm³/mol. The summed E-state index contributed by atoms with van der Waals surface area (Å²) in [7, 11) is 3.03. The summed E-state index contributed by atoms with van der Waals surface area (Å²) in [5.74, 6) is -0.963. The maximum atomic E-state index is 13.4. The highest BCUT2D eigenvalue weighted by molar-refractivity contribution is 6.32. The Morgan fingerprint density at radius 3 is 2.39 bits per heavy atom. The highest BCUT2D eigenvalue weighted by atomic mass is 35.5. The van der Waals surface area contributed by atoms with Crippen molar-refractivity contribution < 1.29 is 18.3 Å². The molecule has 2 N–H and O–H groups in total. The van der Waals surface area contributed by atoms with Gasteiger partial charge in [-0.25, -0.2) is 8.78 Å². The van der Waals surface area contributed by atoms with Crippen molar-refractivity contribution in [3.05, 3.63) is 58.1 Å². The Bertz CT molecular complexity index is 695. The third kappa shape index (κ3) is 3.92. The van der Waals surface area contributed by atoms with Gasteiger partial charge < -0.3 is 15.2 Å². The Hall–Kier alpha value is -1.85. The van der Waals surface area contributed by atoms with Crippen LogP contribution < -0.4 is 15.2 Å². The molecule has 1 atom stereocenters. The summed E-state index contributed by atoms with van der Waals surface area (Å²) in [6, 6.07) is 7.38. The molecule has 2 aromatic carbocycles. The number of benzene rings is 2. The zero-order valence-electron chi connectivity index (χ0n) is 12.9. The van der Waals surface area contributed by atoms with Gasteiger partial charge in [0, 0.05) is 5.92 Å². The molecule has 1 unspecified atom stereocenters. The Morgan fingerprint density at radius 1 is 1.09 bits per heavy atom. The third-order valence-electron chi connectivity index (χ3n) is 3.68. The summed E-state index contributed by atoms with van der Waals surface area (Å²) in [6.07, 6.45) is 0.516. The lowest BCUT2D eigenvalue weighted by atomic mass is 9.92. The second-order valence-corrected chi connectivity index (χ2v) is 5.53. The zero-order valence-corrected chi connectivity index (χ0v) is 13.7. The molecular formula is C17H18ClF2NO2. The first-order chi connectivity index (χ1) is 11.0. The van der Waals surface area contributed by atoms with Gasteiger partial charge in [0.1, 0.15) is 0 Å². The molecule has 0 heterocycles. The normalized spacial score (nSPS) is 12.1. The SMILES string of the molecule is COc1cc(CC(CN)c2ccc(F)c(F)c2)cc(Cl)c1OC. The quantitative estimate of drug-likeness (QED) is 0.866. The van der Waals surface area contributed by atoms with Crippen LogP contribution in [0.15, 0.2) is 30.3 Å². The van der Waals surface area contributed by atoms with Gasteiger partial charge in [-0.3, -0.25) is 0 Å². The fraction of sp³-hybridized carbons (Fsp3) is 0.294. The fourth-order valence-electron chi connectivity index (χ4n) is 2.48. The van der Waals surface area contributed by atoms with E-state index in [0.29, 0.717) is 28.5 Å². The summed E-state index contributed by atoms with van der Waals surface area (Å²) in [6.45, 7) is 0.289. The van der Waals surface area contributed by atoms with E-state index in [-0.39, 0.29) is 12.5 Å². The van der Waals surface area contributed by atoms with E-state index < -0.39 is 11.6 Å². The van der Waals surface area contributed by atoms with Crippen LogP contribution in [0.2, 0.25) is 5.02 Å². The third-order valence-corrected chi connectivity index (χ3v) is 3.96. The first-order valence-corrected chi connectivity index (χ1v) is 7.43. The van der Waals surface area contributed by atoms with E-state index in [1.54, 1.807) is 12.1 Å². The molecule has 2 aromatic rings. The average Bonchev–Trinajstić information content (AvgIpc) is 2.54. The van der Waals surface area contributed by atoms with Crippen molar-refractivity contribution in [3.8, 4) is 11.5 Å². The number of rotatable bonds is 6. The van der Waals surface area contributed by atoms with Crippen molar-refractivity contribution in [2.45, 2.75) is 12.3 Å². The van der Waals surface area contributed by atoms with Crippen LogP contribution in [0.25, 0.3) is 0 Å². The highest BCUT2D eigenvalue weighted by Gasteiger charge is 2.16. The van der Waals surface area contributed by atoms with Gasteiger partial charge in [-0.1, -0.05) is 17.7 Å². The molecule has 0 saturated carbocycles. The summed E-state index contributed by atoms with van der Waals surface area (Å²) in [5, 5.41) is 0.419. The maximum Gasteiger partial charge on any atom is 0.179 e. The minimum atomic E-state index is -0.883. The van der Waals surface area contributed by atoms with Crippen LogP contribution in [-0.4, -0.2) is 20.8 Å². The predicted octanol–water partition coefficient (Wildman–Crippen LogP) is 3.92. The Balaban J connectivity index is 2.31. The molecule has 6 heteroatoms. The van der Waals surface area contributed by atoms with Crippen molar-refractivity contribution in [2.24, 2.45) is 5.73 Å². The molecule has 0 aliphatic heterocycles. The minimum Gasteiger partial charge on any atom is -0.493 e. The molecule has 124 valence electrons. The molecule has 2 rings (SSSR count). The molecule has 0 radical (unpaired) electrons. The van der Waals surface area contributed by atoms with Crippen LogP contribution in [0, 0.1) is 11.6 Å². The van der Waals surface area contributed by atoms with Crippen molar-refractivity contribution >= 4 is 11.6 Å². The van der Waals surface area contributed by atoms with Gasteiger partial charge in [0.05, 0.1) is 19.2 Å². The van der Waals surface area contributed by atoms with Gasteiger partial charge in [-0.15, -0.1) is 0 Å². The van der Waals surface area contributed by atoms with E-state index in [4.69, 9.17) is 26.8 Å². The van der Waals surface area contributed by atoms with E-state index >= 15 is 0 Å². The van der Waals surface area contributed by atoms with Crippen LogP contribution in [0.1, 0.15) is 17.0 Å². The number of hydrogen-bond donors (Lipinski definition) is 1. The second kappa shape index (κ2) is 7.62. The average molecular weight is 342 g/mol. The number of ether oxygens (including phenoxy) is 2. The zero-order chi connectivity index (χ0) is 17.0. The molecule has 0 aromatic heterocycles. The molecule has 0 spiro atoms. The molecular weight excluding hydrogens is 324 g/mol. The lowest BCUT2D eigenvalue weighted by Gasteiger charge is -2.17. The monoisotopic (exact) mass is 341 g/mol. The highest BCUT2D eigenvalue weighted by Crippen LogP contribution is 2.37. The van der Waals surface area contributed by atoms with Crippen LogP contribution >= 0.6 is 11.6 Å². The molecule has 23 heavy (non-hydrogen) atoms. The summed E-state index contributed by atoms with van der Waals surface area (Å²) in [4.78, 5) is 0. The van der Waals surface area contributed by atoms with Crippen molar-refractivity contribution in [1.82, 2.24) is 0 Å². The molecule has 0 aliphatic rings. The largest absolute Gasteiger partial charge is 0.493 e. The van der Waals surface area contributed by atoms with Gasteiger partial charge >= 0.3 is 0 Å². The van der Waals surface area contributed by atoms with Crippen molar-refractivity contribution in [2.75, 3.05) is 20.8 Å². The van der Waals surface area contributed by atoms with E-state index in [9.17, 15) is 8.78 Å². The van der Waals surface area contributed by atoms with Crippen molar-refractivity contribution in [3.63, 3.8) is 0 Å². The van der Waals surface area contributed by atoms with Crippen LogP contribution in [-0.2, 0) is 6.42 Å². The molecule has 3 nitrogen and oxygen atoms in total. The summed E-state index contributed by atoms with van der Waals surface area (Å²) in [5.41, 5.74) is 7.31. The first kappa shape index (κ1) is 17.5. The minimum absolute atomic E-state index is 0.167. The molecule has 0 saturated heterocycles. The number of hydrogen-bond acceptors (Lipinski definition) is 3. The Morgan fingerprint density at radius 2 is 1.83 bits per heavy atom. The second-order valence-electron chi connectivity index (χ2n) is 5.12. The fourth-order valence-corrected chi connectivity index (χ4v) is 2.79. The summed E-state index contributed by atoms with van der Waals surface area (Å²) >= 11 is 6.19. The van der Waals surface area contributed by atoms with E-state index in [1.165, 1.54) is 26.4 Å². The Kier molecular flexibility index (Phi) is 5.80. The molecule has 0 aliphatic carbocycles. The maximum absolute atomic E-state index is 13.4. The first-order valence-electron chi connectivity index (χ1n) is 7.05. The van der Waals surface area contributed by atoms with Gasteiger partial charge in [0.25, 0.3) is 0 Å². The smallest absolute Gasteiger partial charge is 0.179 e. The van der Waals surface area contributed by atoms with Gasteiger partial charge in [-0.05, 0) is 48.4 Å². The number of halogens is 3. The standard InChI is InChI=1S/C17H18ClF2NO2/c1-22-16-7-10(6-13(18)17(16)23-2)5-12(9-21)11-3-4-14(19)15(20)8-11/h3-4,6-8,12H,5,9,21H2,1-2H3. The lowest BCUT2D eigenvalue weighted by Crippen LogP contribution is -2.15. The van der Waals surface area contributed by atoms with Crippen LogP contribution in [0.4, 0.5) is 8.78 Å². The molecule has 0 bridgehead atoms. The van der Waals surface area contributed by atoms with Crippen LogP contribution in [0.5, 0.6) is 11.5 Å². The van der Waals surface area contributed by atoms with E-state index in [0.717, 1.165) is 11.6 Å². The summed E-state index contributed by atoms with van der Waals surface area (Å²) < 4.78 is 37.0. The van der Waals surface area contributed by atoms with E-state index in [1.807, 2.05) is 0 Å². The van der Waals surface area contributed by atoms with E-state index in [2.05, 4.69) is 0 Å². The molecule has 0 fully saturated rings. The van der Waals surface area contributed by atoms with Gasteiger partial charge in [0.2, 0.25) is 0 Å². The number of nitrogens with two attached hydrogens (primary N) is 1. The van der Waals surface area contributed by atoms with Gasteiger partial charge in [-0.2, -0.15) is 0 Å². The Labute approximate surface area is 139 Å². The van der Waals surface area contributed by atoms with Gasteiger partial charge in [0.15, 0.2) is 23.1 Å². The van der Waals surface area contributed by atoms with Crippen molar-refractivity contribution in [1.29, 1.82) is 0 Å². The molecule has 0 amide bonds. The van der Waals surface area contributed by atoms with Crippen LogP contribution in [0.3, 0.4) is 0 Å². The topological polar surface area (TPSA) is 44.5 Å².